The van der Waals surface area contributed by atoms with Crippen LogP contribution < -0.4 is 15.5 Å². The van der Waals surface area contributed by atoms with E-state index in [1.165, 1.54) is 21.8 Å². The van der Waals surface area contributed by atoms with Crippen LogP contribution in [0.5, 0.6) is 0 Å². The highest BCUT2D eigenvalue weighted by Crippen LogP contribution is 2.16. The largest absolute Gasteiger partial charge is 0.367 e. The van der Waals surface area contributed by atoms with Gasteiger partial charge in [0.15, 0.2) is 0 Å². The zero-order valence-corrected chi connectivity index (χ0v) is 16.2. The molecule has 3 rings (SSSR count). The fourth-order valence-electron chi connectivity index (χ4n) is 3.59. The Bertz CT molecular complexity index is 727. The summed E-state index contributed by atoms with van der Waals surface area (Å²) >= 11 is 0. The first-order valence-corrected chi connectivity index (χ1v) is 9.50. The van der Waals surface area contributed by atoms with Gasteiger partial charge in [0.1, 0.15) is 0 Å². The van der Waals surface area contributed by atoms with Gasteiger partial charge in [-0.1, -0.05) is 29.9 Å². The van der Waals surface area contributed by atoms with Gasteiger partial charge in [-0.15, -0.1) is 0 Å². The summed E-state index contributed by atoms with van der Waals surface area (Å²) in [6.07, 6.45) is 5.57. The maximum Gasteiger partial charge on any atom is 0.0884 e. The Balaban J connectivity index is 1.77. The van der Waals surface area contributed by atoms with Gasteiger partial charge in [0.05, 0.1) is 17.1 Å². The Morgan fingerprint density at radius 2 is 2.00 bits per heavy atom. The number of anilines is 1. The second-order valence-electron chi connectivity index (χ2n) is 7.46. The van der Waals surface area contributed by atoms with Crippen LogP contribution >= 0.6 is 0 Å². The standard InChI is InChI=1S/C21H32N4/c1-5-17(2)19-10-9-18-7-6-8-20(21(18)22-19)25-15-13-24(14-16-25)12-11-23(3)4/h5-9,19H,10-16H2,1-4H3/b17-5+. The highest BCUT2D eigenvalue weighted by molar-refractivity contribution is 5.49. The van der Waals surface area contributed by atoms with Crippen molar-refractivity contribution in [2.24, 2.45) is 4.99 Å². The maximum atomic E-state index is 5.11. The summed E-state index contributed by atoms with van der Waals surface area (Å²) < 4.78 is 0. The number of hydrogen-bond acceptors (Lipinski definition) is 4. The van der Waals surface area contributed by atoms with Crippen molar-refractivity contribution in [3.8, 4) is 0 Å². The first-order valence-electron chi connectivity index (χ1n) is 9.50. The fourth-order valence-corrected chi connectivity index (χ4v) is 3.59. The summed E-state index contributed by atoms with van der Waals surface area (Å²) in [6.45, 7) is 11.1. The quantitative estimate of drug-likeness (QED) is 0.759. The molecule has 0 aliphatic carbocycles. The van der Waals surface area contributed by atoms with Gasteiger partial charge in [0.2, 0.25) is 0 Å². The number of benzene rings is 1. The molecule has 2 heterocycles. The topological polar surface area (TPSA) is 22.1 Å². The van der Waals surface area contributed by atoms with Crippen molar-refractivity contribution in [1.29, 1.82) is 0 Å². The van der Waals surface area contributed by atoms with E-state index >= 15 is 0 Å². The SMILES string of the molecule is C/C=C(\C)C1CC=c2cccc(N3CCN(CCN(C)C)CC3)c2=N1. The van der Waals surface area contributed by atoms with Crippen molar-refractivity contribution in [2.75, 3.05) is 58.3 Å². The van der Waals surface area contributed by atoms with E-state index in [2.05, 4.69) is 73.0 Å². The Hall–Kier alpha value is -1.65. The molecule has 1 fully saturated rings. The second kappa shape index (κ2) is 8.15. The summed E-state index contributed by atoms with van der Waals surface area (Å²) in [5.41, 5.74) is 2.68. The smallest absolute Gasteiger partial charge is 0.0884 e. The zero-order chi connectivity index (χ0) is 17.8. The summed E-state index contributed by atoms with van der Waals surface area (Å²) in [5, 5.41) is 2.49. The molecular weight excluding hydrogens is 308 g/mol. The van der Waals surface area contributed by atoms with Gasteiger partial charge in [-0.25, -0.2) is 0 Å². The van der Waals surface area contributed by atoms with Crippen molar-refractivity contribution in [3.63, 3.8) is 0 Å². The van der Waals surface area contributed by atoms with Crippen LogP contribution in [0.2, 0.25) is 0 Å². The van der Waals surface area contributed by atoms with E-state index < -0.39 is 0 Å². The van der Waals surface area contributed by atoms with E-state index in [0.717, 1.165) is 45.7 Å². The number of nitrogens with zero attached hydrogens (tertiary/aromatic N) is 4. The number of likely N-dealkylation sites (N-methyl/N-ethyl adjacent to an activating group) is 1. The van der Waals surface area contributed by atoms with Gasteiger partial charge >= 0.3 is 0 Å². The molecule has 1 aromatic carbocycles. The van der Waals surface area contributed by atoms with Crippen LogP contribution in [-0.4, -0.2) is 69.2 Å². The van der Waals surface area contributed by atoms with E-state index in [0.29, 0.717) is 6.04 Å². The highest BCUT2D eigenvalue weighted by Gasteiger charge is 2.20. The molecule has 1 saturated heterocycles. The number of para-hydroxylation sites is 1. The predicted molar refractivity (Wildman–Crippen MR) is 107 cm³/mol. The van der Waals surface area contributed by atoms with E-state index in [1.54, 1.807) is 0 Å². The first kappa shape index (κ1) is 18.2. The summed E-state index contributed by atoms with van der Waals surface area (Å²) in [6, 6.07) is 6.94. The Morgan fingerprint density at radius 1 is 1.24 bits per heavy atom. The van der Waals surface area contributed by atoms with E-state index in [4.69, 9.17) is 4.99 Å². The molecule has 0 radical (unpaired) electrons. The molecule has 1 atom stereocenters. The summed E-state index contributed by atoms with van der Waals surface area (Å²) in [7, 11) is 4.29. The lowest BCUT2D eigenvalue weighted by Crippen LogP contribution is -2.50. The van der Waals surface area contributed by atoms with Crippen molar-refractivity contribution in [1.82, 2.24) is 9.80 Å². The molecule has 0 aromatic heterocycles. The number of rotatable bonds is 5. The third kappa shape index (κ3) is 4.31. The third-order valence-electron chi connectivity index (χ3n) is 5.45. The van der Waals surface area contributed by atoms with E-state index in [1.807, 2.05) is 0 Å². The fraction of sp³-hybridized carbons (Fsp3) is 0.571. The number of piperazine rings is 1. The van der Waals surface area contributed by atoms with E-state index in [9.17, 15) is 0 Å². The molecule has 4 nitrogen and oxygen atoms in total. The molecule has 1 aromatic rings. The lowest BCUT2D eigenvalue weighted by atomic mass is 10.0. The molecule has 25 heavy (non-hydrogen) atoms. The molecule has 0 N–H and O–H groups in total. The minimum absolute atomic E-state index is 0.306. The molecule has 2 aliphatic heterocycles. The van der Waals surface area contributed by atoms with Gasteiger partial charge in [0, 0.05) is 39.3 Å². The molecule has 4 heteroatoms. The normalized spacial score (nSPS) is 21.7. The maximum absolute atomic E-state index is 5.11. The van der Waals surface area contributed by atoms with Crippen molar-refractivity contribution in [2.45, 2.75) is 26.3 Å². The average molecular weight is 341 g/mol. The summed E-state index contributed by atoms with van der Waals surface area (Å²) in [4.78, 5) is 12.5. The Morgan fingerprint density at radius 3 is 2.68 bits per heavy atom. The summed E-state index contributed by atoms with van der Waals surface area (Å²) in [5.74, 6) is 0. The average Bonchev–Trinajstić information content (AvgIpc) is 2.65. The van der Waals surface area contributed by atoms with Crippen LogP contribution in [0.15, 0.2) is 34.8 Å². The van der Waals surface area contributed by atoms with Crippen molar-refractivity contribution >= 4 is 11.8 Å². The minimum atomic E-state index is 0.306. The first-order chi connectivity index (χ1) is 12.1. The highest BCUT2D eigenvalue weighted by atomic mass is 15.3. The van der Waals surface area contributed by atoms with Gasteiger partial charge in [-0.3, -0.25) is 9.89 Å². The van der Waals surface area contributed by atoms with Gasteiger partial charge in [0.25, 0.3) is 0 Å². The van der Waals surface area contributed by atoms with Crippen LogP contribution in [-0.2, 0) is 0 Å². The van der Waals surface area contributed by atoms with Gasteiger partial charge in [-0.2, -0.15) is 0 Å². The predicted octanol–water partition coefficient (Wildman–Crippen LogP) is 1.51. The second-order valence-corrected chi connectivity index (χ2v) is 7.46. The molecular formula is C21H32N4. The van der Waals surface area contributed by atoms with E-state index in [-0.39, 0.29) is 0 Å². The number of fused-ring (bicyclic) bond motifs is 1. The monoisotopic (exact) mass is 340 g/mol. The van der Waals surface area contributed by atoms with Crippen LogP contribution in [0.1, 0.15) is 20.3 Å². The Labute approximate surface area is 152 Å². The van der Waals surface area contributed by atoms with Crippen LogP contribution in [0.3, 0.4) is 0 Å². The van der Waals surface area contributed by atoms with Crippen LogP contribution in [0.4, 0.5) is 5.69 Å². The van der Waals surface area contributed by atoms with Crippen molar-refractivity contribution < 1.29 is 0 Å². The molecule has 0 bridgehead atoms. The van der Waals surface area contributed by atoms with Crippen molar-refractivity contribution in [3.05, 3.63) is 40.4 Å². The Kier molecular flexibility index (Phi) is 5.92. The molecule has 136 valence electrons. The number of hydrogen-bond donors (Lipinski definition) is 0. The zero-order valence-electron chi connectivity index (χ0n) is 16.2. The molecule has 0 amide bonds. The lowest BCUT2D eigenvalue weighted by molar-refractivity contribution is 0.229. The van der Waals surface area contributed by atoms with Crippen LogP contribution in [0, 0.1) is 0 Å². The van der Waals surface area contributed by atoms with Crippen LogP contribution in [0.25, 0.3) is 6.08 Å². The number of allylic oxidation sites excluding steroid dienone is 1. The molecule has 1 unspecified atom stereocenters. The third-order valence-corrected chi connectivity index (χ3v) is 5.45. The molecule has 2 aliphatic rings. The minimum Gasteiger partial charge on any atom is -0.367 e. The van der Waals surface area contributed by atoms with Gasteiger partial charge in [-0.05, 0) is 45.6 Å². The lowest BCUT2D eigenvalue weighted by Gasteiger charge is -2.36. The van der Waals surface area contributed by atoms with Gasteiger partial charge < -0.3 is 9.80 Å². The molecule has 0 spiro atoms. The molecule has 0 saturated carbocycles.